The van der Waals surface area contributed by atoms with Gasteiger partial charge in [-0.05, 0) is 12.1 Å². The molecule has 0 atom stereocenters. The van der Waals surface area contributed by atoms with Gasteiger partial charge in [-0.1, -0.05) is 78.5 Å². The predicted octanol–water partition coefficient (Wildman–Crippen LogP) is 5.45. The van der Waals surface area contributed by atoms with Crippen LogP contribution in [-0.4, -0.2) is 21.8 Å². The smallest absolute Gasteiger partial charge is 0.257 e. The van der Waals surface area contributed by atoms with Crippen molar-refractivity contribution in [2.45, 2.75) is 5.22 Å². The van der Waals surface area contributed by atoms with Crippen LogP contribution in [0.3, 0.4) is 0 Å². The Morgan fingerprint density at radius 1 is 0.931 bits per heavy atom. The van der Waals surface area contributed by atoms with Gasteiger partial charge in [-0.25, -0.2) is 4.98 Å². The molecule has 6 heteroatoms. The largest absolute Gasteiger partial charge is 0.508 e. The number of rotatable bonds is 6. The molecular formula is C23H18N2O3S. The number of aromatic nitrogens is 1. The van der Waals surface area contributed by atoms with Gasteiger partial charge < -0.3 is 14.8 Å². The SMILES string of the molecule is O=C(CSc1nc(-c2ccccc2)c(-c2ccccc2)o1)Nc1cccc(O)c1. The van der Waals surface area contributed by atoms with Crippen LogP contribution in [0.4, 0.5) is 5.69 Å². The minimum Gasteiger partial charge on any atom is -0.508 e. The number of nitrogens with zero attached hydrogens (tertiary/aromatic N) is 1. The molecule has 0 radical (unpaired) electrons. The number of amides is 1. The van der Waals surface area contributed by atoms with Crippen LogP contribution in [0, 0.1) is 0 Å². The second kappa shape index (κ2) is 8.67. The van der Waals surface area contributed by atoms with Gasteiger partial charge in [0.05, 0.1) is 5.75 Å². The Labute approximate surface area is 172 Å². The quantitative estimate of drug-likeness (QED) is 0.420. The highest BCUT2D eigenvalue weighted by molar-refractivity contribution is 7.99. The van der Waals surface area contributed by atoms with E-state index >= 15 is 0 Å². The molecule has 1 amide bonds. The van der Waals surface area contributed by atoms with E-state index in [4.69, 9.17) is 4.42 Å². The minimum absolute atomic E-state index is 0.100. The lowest BCUT2D eigenvalue weighted by Gasteiger charge is -2.04. The highest BCUT2D eigenvalue weighted by atomic mass is 32.2. The van der Waals surface area contributed by atoms with Crippen molar-refractivity contribution in [3.63, 3.8) is 0 Å². The van der Waals surface area contributed by atoms with E-state index in [2.05, 4.69) is 10.3 Å². The normalized spacial score (nSPS) is 10.6. The molecule has 0 spiro atoms. The van der Waals surface area contributed by atoms with Crippen LogP contribution >= 0.6 is 11.8 Å². The van der Waals surface area contributed by atoms with Gasteiger partial charge in [0.1, 0.15) is 11.4 Å². The molecule has 0 aliphatic rings. The Kier molecular flexibility index (Phi) is 5.63. The van der Waals surface area contributed by atoms with Gasteiger partial charge in [0.25, 0.3) is 5.22 Å². The molecule has 1 heterocycles. The number of anilines is 1. The second-order valence-corrected chi connectivity index (χ2v) is 7.20. The molecule has 3 aromatic carbocycles. The van der Waals surface area contributed by atoms with Gasteiger partial charge in [0.2, 0.25) is 5.91 Å². The van der Waals surface area contributed by atoms with Crippen LogP contribution in [0.2, 0.25) is 0 Å². The first-order valence-electron chi connectivity index (χ1n) is 9.02. The number of phenolic OH excluding ortho intramolecular Hbond substituents is 1. The van der Waals surface area contributed by atoms with E-state index in [9.17, 15) is 9.90 Å². The van der Waals surface area contributed by atoms with Crippen molar-refractivity contribution in [3.8, 4) is 28.3 Å². The molecule has 0 aliphatic heterocycles. The van der Waals surface area contributed by atoms with Gasteiger partial charge in [0, 0.05) is 22.9 Å². The van der Waals surface area contributed by atoms with E-state index in [1.54, 1.807) is 18.2 Å². The number of carbonyl (C=O) groups excluding carboxylic acids is 1. The number of benzene rings is 3. The van der Waals surface area contributed by atoms with Crippen molar-refractivity contribution in [2.75, 3.05) is 11.1 Å². The van der Waals surface area contributed by atoms with Gasteiger partial charge in [0.15, 0.2) is 5.76 Å². The average Bonchev–Trinajstić information content (AvgIpc) is 3.18. The first kappa shape index (κ1) is 18.8. The van der Waals surface area contributed by atoms with Crippen LogP contribution in [-0.2, 0) is 4.79 Å². The molecule has 0 aliphatic carbocycles. The Balaban J connectivity index is 1.53. The number of carbonyl (C=O) groups is 1. The van der Waals surface area contributed by atoms with Crippen molar-refractivity contribution in [2.24, 2.45) is 0 Å². The lowest BCUT2D eigenvalue weighted by atomic mass is 10.1. The van der Waals surface area contributed by atoms with E-state index in [-0.39, 0.29) is 17.4 Å². The first-order chi connectivity index (χ1) is 14.2. The molecule has 4 rings (SSSR count). The van der Waals surface area contributed by atoms with Gasteiger partial charge >= 0.3 is 0 Å². The molecular weight excluding hydrogens is 384 g/mol. The molecule has 5 nitrogen and oxygen atoms in total. The Morgan fingerprint density at radius 2 is 1.62 bits per heavy atom. The molecule has 0 saturated carbocycles. The van der Waals surface area contributed by atoms with E-state index in [0.717, 1.165) is 16.8 Å². The number of nitrogens with one attached hydrogen (secondary N) is 1. The van der Waals surface area contributed by atoms with Crippen molar-refractivity contribution >= 4 is 23.4 Å². The molecule has 2 N–H and O–H groups in total. The molecule has 4 aromatic rings. The second-order valence-electron chi connectivity index (χ2n) is 6.28. The molecule has 29 heavy (non-hydrogen) atoms. The summed E-state index contributed by atoms with van der Waals surface area (Å²) in [5.41, 5.74) is 3.16. The van der Waals surface area contributed by atoms with Crippen molar-refractivity contribution in [3.05, 3.63) is 84.9 Å². The summed E-state index contributed by atoms with van der Waals surface area (Å²) in [5.74, 6) is 0.704. The number of thioether (sulfide) groups is 1. The number of hydrogen-bond donors (Lipinski definition) is 2. The summed E-state index contributed by atoms with van der Waals surface area (Å²) in [6.07, 6.45) is 0. The Morgan fingerprint density at radius 3 is 2.31 bits per heavy atom. The number of oxazole rings is 1. The molecule has 0 unspecified atom stereocenters. The zero-order chi connectivity index (χ0) is 20.1. The summed E-state index contributed by atoms with van der Waals surface area (Å²) in [6, 6.07) is 26.0. The summed E-state index contributed by atoms with van der Waals surface area (Å²) >= 11 is 1.22. The third-order valence-corrected chi connectivity index (χ3v) is 4.98. The molecule has 0 bridgehead atoms. The highest BCUT2D eigenvalue weighted by Crippen LogP contribution is 2.35. The zero-order valence-corrected chi connectivity index (χ0v) is 16.2. The van der Waals surface area contributed by atoms with Crippen LogP contribution in [0.15, 0.2) is 94.6 Å². The number of aromatic hydroxyl groups is 1. The first-order valence-corrected chi connectivity index (χ1v) is 10.0. The zero-order valence-electron chi connectivity index (χ0n) is 15.4. The average molecular weight is 402 g/mol. The van der Waals surface area contributed by atoms with E-state index in [1.165, 1.54) is 17.8 Å². The molecule has 0 saturated heterocycles. The summed E-state index contributed by atoms with van der Waals surface area (Å²) in [6.45, 7) is 0. The molecule has 0 fully saturated rings. The maximum atomic E-state index is 12.2. The fourth-order valence-corrected chi connectivity index (χ4v) is 3.47. The van der Waals surface area contributed by atoms with Crippen molar-refractivity contribution in [1.82, 2.24) is 4.98 Å². The fraction of sp³-hybridized carbons (Fsp3) is 0.0435. The minimum atomic E-state index is -0.207. The standard InChI is InChI=1S/C23H18N2O3S/c26-19-13-7-12-18(14-19)24-20(27)15-29-23-25-21(16-8-3-1-4-9-16)22(28-23)17-10-5-2-6-11-17/h1-14,26H,15H2,(H,24,27). The highest BCUT2D eigenvalue weighted by Gasteiger charge is 2.18. The maximum Gasteiger partial charge on any atom is 0.257 e. The third-order valence-electron chi connectivity index (χ3n) is 4.15. The lowest BCUT2D eigenvalue weighted by Crippen LogP contribution is -2.13. The van der Waals surface area contributed by atoms with E-state index in [0.29, 0.717) is 16.7 Å². The van der Waals surface area contributed by atoms with Crippen molar-refractivity contribution < 1.29 is 14.3 Å². The maximum absolute atomic E-state index is 12.2. The summed E-state index contributed by atoms with van der Waals surface area (Å²) in [5, 5.41) is 12.7. The van der Waals surface area contributed by atoms with Gasteiger partial charge in [-0.2, -0.15) is 0 Å². The van der Waals surface area contributed by atoms with Crippen molar-refractivity contribution in [1.29, 1.82) is 0 Å². The van der Waals surface area contributed by atoms with Crippen LogP contribution in [0.1, 0.15) is 0 Å². The number of hydrogen-bond acceptors (Lipinski definition) is 5. The molecule has 144 valence electrons. The van der Waals surface area contributed by atoms with Crippen LogP contribution < -0.4 is 5.32 Å². The molecule has 1 aromatic heterocycles. The van der Waals surface area contributed by atoms with Crippen LogP contribution in [0.25, 0.3) is 22.6 Å². The number of phenols is 1. The van der Waals surface area contributed by atoms with Gasteiger partial charge in [-0.3, -0.25) is 4.79 Å². The Hall–Kier alpha value is -3.51. The monoisotopic (exact) mass is 402 g/mol. The van der Waals surface area contributed by atoms with Gasteiger partial charge in [-0.15, -0.1) is 0 Å². The van der Waals surface area contributed by atoms with Crippen LogP contribution in [0.5, 0.6) is 5.75 Å². The Bertz CT molecular complexity index is 1050. The lowest BCUT2D eigenvalue weighted by molar-refractivity contribution is -0.113. The topological polar surface area (TPSA) is 75.4 Å². The third kappa shape index (κ3) is 4.67. The van der Waals surface area contributed by atoms with E-state index < -0.39 is 0 Å². The fourth-order valence-electron chi connectivity index (χ4n) is 2.85. The summed E-state index contributed by atoms with van der Waals surface area (Å²) in [4.78, 5) is 16.9. The summed E-state index contributed by atoms with van der Waals surface area (Å²) in [7, 11) is 0. The van der Waals surface area contributed by atoms with E-state index in [1.807, 2.05) is 60.7 Å². The summed E-state index contributed by atoms with van der Waals surface area (Å²) < 4.78 is 6.01. The predicted molar refractivity (Wildman–Crippen MR) is 115 cm³/mol.